The van der Waals surface area contributed by atoms with E-state index < -0.39 is 0 Å². The number of aliphatic hydroxyl groups is 1. The highest BCUT2D eigenvalue weighted by molar-refractivity contribution is 5.94. The number of benzene rings is 1. The number of hydrogen-bond donors (Lipinski definition) is 1. The van der Waals surface area contributed by atoms with Crippen molar-refractivity contribution in [2.24, 2.45) is 5.92 Å². The Morgan fingerprint density at radius 3 is 2.41 bits per heavy atom. The summed E-state index contributed by atoms with van der Waals surface area (Å²) in [5.41, 5.74) is 1.20. The fourth-order valence-corrected chi connectivity index (χ4v) is 2.90. The zero-order chi connectivity index (χ0) is 15.5. The Bertz CT molecular complexity index is 567. The molecule has 1 N–H and O–H groups in total. The SMILES string of the molecule is N#Cc1ccc(C(=O)N2CCN(CC(O)C3CC3)CC2)cc1. The molecule has 116 valence electrons. The van der Waals surface area contributed by atoms with Gasteiger partial charge in [0.15, 0.2) is 0 Å². The number of aliphatic hydroxyl groups excluding tert-OH is 1. The van der Waals surface area contributed by atoms with Crippen LogP contribution in [0.3, 0.4) is 0 Å². The van der Waals surface area contributed by atoms with Crippen molar-refractivity contribution in [2.45, 2.75) is 18.9 Å². The number of hydrogen-bond acceptors (Lipinski definition) is 4. The van der Waals surface area contributed by atoms with E-state index >= 15 is 0 Å². The molecule has 5 nitrogen and oxygen atoms in total. The fraction of sp³-hybridized carbons (Fsp3) is 0.529. The second-order valence-electron chi connectivity index (χ2n) is 6.19. The van der Waals surface area contributed by atoms with Crippen LogP contribution in [-0.4, -0.2) is 59.6 Å². The van der Waals surface area contributed by atoms with Gasteiger partial charge in [0.2, 0.25) is 0 Å². The highest BCUT2D eigenvalue weighted by Gasteiger charge is 2.32. The molecule has 1 aromatic rings. The number of amides is 1. The molecule has 1 amide bonds. The summed E-state index contributed by atoms with van der Waals surface area (Å²) in [5, 5.41) is 18.8. The Morgan fingerprint density at radius 2 is 1.86 bits per heavy atom. The van der Waals surface area contributed by atoms with Crippen LogP contribution in [-0.2, 0) is 0 Å². The normalized spacial score (nSPS) is 20.5. The maximum absolute atomic E-state index is 12.4. The minimum atomic E-state index is -0.208. The van der Waals surface area contributed by atoms with E-state index in [1.54, 1.807) is 24.3 Å². The quantitative estimate of drug-likeness (QED) is 0.903. The monoisotopic (exact) mass is 299 g/mol. The Hall–Kier alpha value is -1.90. The lowest BCUT2D eigenvalue weighted by molar-refractivity contribution is 0.0488. The zero-order valence-corrected chi connectivity index (χ0v) is 12.6. The summed E-state index contributed by atoms with van der Waals surface area (Å²) >= 11 is 0. The molecule has 1 heterocycles. The molecule has 2 aliphatic rings. The number of carbonyl (C=O) groups excluding carboxylic acids is 1. The Balaban J connectivity index is 1.51. The molecule has 1 saturated carbocycles. The molecule has 5 heteroatoms. The lowest BCUT2D eigenvalue weighted by Gasteiger charge is -2.35. The highest BCUT2D eigenvalue weighted by Crippen LogP contribution is 2.32. The fourth-order valence-electron chi connectivity index (χ4n) is 2.90. The molecule has 0 bridgehead atoms. The number of nitriles is 1. The zero-order valence-electron chi connectivity index (χ0n) is 12.6. The van der Waals surface area contributed by atoms with E-state index in [1.165, 1.54) is 0 Å². The standard InChI is InChI=1S/C17H21N3O2/c18-11-13-1-3-15(4-2-13)17(22)20-9-7-19(8-10-20)12-16(21)14-5-6-14/h1-4,14,16,21H,5-10,12H2. The average molecular weight is 299 g/mol. The number of nitrogens with zero attached hydrogens (tertiary/aromatic N) is 3. The topological polar surface area (TPSA) is 67.6 Å². The van der Waals surface area contributed by atoms with Gasteiger partial charge >= 0.3 is 0 Å². The van der Waals surface area contributed by atoms with Gasteiger partial charge in [0.05, 0.1) is 17.7 Å². The molecule has 1 saturated heterocycles. The Morgan fingerprint density at radius 1 is 1.23 bits per heavy atom. The third-order valence-corrected chi connectivity index (χ3v) is 4.53. The van der Waals surface area contributed by atoms with Crippen LogP contribution < -0.4 is 0 Å². The van der Waals surface area contributed by atoms with Crippen molar-refractivity contribution in [3.05, 3.63) is 35.4 Å². The molecule has 2 fully saturated rings. The van der Waals surface area contributed by atoms with Gasteiger partial charge in [-0.3, -0.25) is 9.69 Å². The molecule has 1 aromatic carbocycles. The minimum Gasteiger partial charge on any atom is -0.392 e. The van der Waals surface area contributed by atoms with Crippen LogP contribution >= 0.6 is 0 Å². The average Bonchev–Trinajstić information content (AvgIpc) is 3.40. The van der Waals surface area contributed by atoms with E-state index in [-0.39, 0.29) is 12.0 Å². The van der Waals surface area contributed by atoms with Gasteiger partial charge in [0, 0.05) is 38.3 Å². The third kappa shape index (κ3) is 3.46. The molecule has 1 aliphatic carbocycles. The first-order chi connectivity index (χ1) is 10.7. The summed E-state index contributed by atoms with van der Waals surface area (Å²) in [4.78, 5) is 16.5. The van der Waals surface area contributed by atoms with Crippen molar-refractivity contribution in [1.82, 2.24) is 9.80 Å². The van der Waals surface area contributed by atoms with Gasteiger partial charge in [-0.2, -0.15) is 5.26 Å². The number of carbonyl (C=O) groups is 1. The predicted molar refractivity (Wildman–Crippen MR) is 82.2 cm³/mol. The van der Waals surface area contributed by atoms with Crippen LogP contribution in [0.2, 0.25) is 0 Å². The molecule has 1 unspecified atom stereocenters. The molecule has 1 aliphatic heterocycles. The number of β-amino-alcohol motifs (C(OH)–C–C–N with tert-alkyl or cyclic N) is 1. The highest BCUT2D eigenvalue weighted by atomic mass is 16.3. The molecular formula is C17H21N3O2. The number of piperazine rings is 1. The van der Waals surface area contributed by atoms with Crippen LogP contribution in [0.15, 0.2) is 24.3 Å². The van der Waals surface area contributed by atoms with Crippen molar-refractivity contribution in [3.8, 4) is 6.07 Å². The van der Waals surface area contributed by atoms with Crippen LogP contribution in [0.4, 0.5) is 0 Å². The lowest BCUT2D eigenvalue weighted by Crippen LogP contribution is -2.50. The van der Waals surface area contributed by atoms with Crippen molar-refractivity contribution < 1.29 is 9.90 Å². The number of rotatable bonds is 4. The molecule has 1 atom stereocenters. The van der Waals surface area contributed by atoms with Crippen molar-refractivity contribution in [1.29, 1.82) is 5.26 Å². The van der Waals surface area contributed by atoms with Gasteiger partial charge in [-0.05, 0) is 43.0 Å². The minimum absolute atomic E-state index is 0.0203. The predicted octanol–water partition coefficient (Wildman–Crippen LogP) is 1.09. The van der Waals surface area contributed by atoms with E-state index in [4.69, 9.17) is 5.26 Å². The van der Waals surface area contributed by atoms with E-state index in [2.05, 4.69) is 11.0 Å². The van der Waals surface area contributed by atoms with Gasteiger partial charge in [-0.15, -0.1) is 0 Å². The molecule has 0 aromatic heterocycles. The van der Waals surface area contributed by atoms with E-state index in [0.29, 0.717) is 30.1 Å². The Labute approximate surface area is 130 Å². The third-order valence-electron chi connectivity index (χ3n) is 4.53. The largest absolute Gasteiger partial charge is 0.392 e. The molecular weight excluding hydrogens is 278 g/mol. The van der Waals surface area contributed by atoms with Crippen LogP contribution in [0.5, 0.6) is 0 Å². The van der Waals surface area contributed by atoms with Crippen LogP contribution in [0.1, 0.15) is 28.8 Å². The van der Waals surface area contributed by atoms with Gasteiger partial charge in [0.1, 0.15) is 0 Å². The molecule has 0 spiro atoms. The lowest BCUT2D eigenvalue weighted by atomic mass is 10.1. The Kier molecular flexibility index (Phi) is 4.41. The summed E-state index contributed by atoms with van der Waals surface area (Å²) in [6.07, 6.45) is 2.09. The van der Waals surface area contributed by atoms with Crippen molar-refractivity contribution in [2.75, 3.05) is 32.7 Å². The second-order valence-corrected chi connectivity index (χ2v) is 6.19. The second kappa shape index (κ2) is 6.47. The van der Waals surface area contributed by atoms with Gasteiger partial charge in [0.25, 0.3) is 5.91 Å². The molecule has 0 radical (unpaired) electrons. The van der Waals surface area contributed by atoms with Crippen molar-refractivity contribution >= 4 is 5.91 Å². The summed E-state index contributed by atoms with van der Waals surface area (Å²) in [6.45, 7) is 3.73. The van der Waals surface area contributed by atoms with Gasteiger partial charge in [-0.1, -0.05) is 0 Å². The first-order valence-electron chi connectivity index (χ1n) is 7.87. The maximum Gasteiger partial charge on any atom is 0.253 e. The van der Waals surface area contributed by atoms with E-state index in [1.807, 2.05) is 4.90 Å². The van der Waals surface area contributed by atoms with Crippen LogP contribution in [0, 0.1) is 17.2 Å². The van der Waals surface area contributed by atoms with Gasteiger partial charge in [-0.25, -0.2) is 0 Å². The first kappa shape index (κ1) is 15.0. The summed E-state index contributed by atoms with van der Waals surface area (Å²) in [5.74, 6) is 0.519. The summed E-state index contributed by atoms with van der Waals surface area (Å²) < 4.78 is 0. The maximum atomic E-state index is 12.4. The smallest absolute Gasteiger partial charge is 0.253 e. The van der Waals surface area contributed by atoms with Crippen molar-refractivity contribution in [3.63, 3.8) is 0 Å². The molecule has 3 rings (SSSR count). The molecule has 22 heavy (non-hydrogen) atoms. The first-order valence-corrected chi connectivity index (χ1v) is 7.87. The van der Waals surface area contributed by atoms with Crippen LogP contribution in [0.25, 0.3) is 0 Å². The summed E-state index contributed by atoms with van der Waals surface area (Å²) in [7, 11) is 0. The van der Waals surface area contributed by atoms with E-state index in [0.717, 1.165) is 32.5 Å². The van der Waals surface area contributed by atoms with E-state index in [9.17, 15) is 9.90 Å². The summed E-state index contributed by atoms with van der Waals surface area (Å²) in [6, 6.07) is 8.83. The van der Waals surface area contributed by atoms with Gasteiger partial charge < -0.3 is 10.0 Å².